The first-order valence-electron chi connectivity index (χ1n) is 22.6. The van der Waals surface area contributed by atoms with Crippen LogP contribution in [0.3, 0.4) is 0 Å². The molecule has 6 unspecified atom stereocenters. The van der Waals surface area contributed by atoms with Gasteiger partial charge in [0.15, 0.2) is 17.3 Å². The van der Waals surface area contributed by atoms with Crippen LogP contribution in [0.25, 0.3) is 11.1 Å². The molecule has 7 nitrogen and oxygen atoms in total. The molecular formula is C55H60N2O5. The van der Waals surface area contributed by atoms with E-state index in [1.165, 1.54) is 0 Å². The fourth-order valence-electron chi connectivity index (χ4n) is 11.2. The first-order chi connectivity index (χ1) is 30.1. The van der Waals surface area contributed by atoms with E-state index < -0.39 is 34.9 Å². The standard InChI is InChI=1S/C55H60N2O5/c1-37(58)31-54(33-47(51(60)41-21-11-5-12-22-41)45(39-17-7-3-8-18-39)29-49(54)43-25-15-27-56-35-43)53(62)55(32-38(2)59)34-48(52(61)42-23-13-6-14-24-42)46(40-19-9-4-10-20-40)30-50(55)44-26-16-28-57-36-44/h3-14,17-24,29-30,33-34,37-38,43-44,49-50,56-59H,15-16,25-28,31-32,35-36H2,1-2H3/t37-,38-,43?,44?,49?,50?,54?,55?/m0/s1. The number of aliphatic hydroxyl groups is 2. The minimum atomic E-state index is -1.42. The van der Waals surface area contributed by atoms with Gasteiger partial charge in [-0.15, -0.1) is 0 Å². The monoisotopic (exact) mass is 828 g/mol. The lowest BCUT2D eigenvalue weighted by Crippen LogP contribution is -2.57. The van der Waals surface area contributed by atoms with E-state index in [1.54, 1.807) is 13.8 Å². The molecule has 2 aliphatic carbocycles. The van der Waals surface area contributed by atoms with Gasteiger partial charge in [-0.25, -0.2) is 0 Å². The maximum atomic E-state index is 17.2. The Kier molecular flexibility index (Phi) is 13.3. The number of allylic oxidation sites excluding steroid dienone is 8. The second-order valence-corrected chi connectivity index (χ2v) is 18.2. The van der Waals surface area contributed by atoms with Crippen molar-refractivity contribution in [3.63, 3.8) is 0 Å². The summed E-state index contributed by atoms with van der Waals surface area (Å²) < 4.78 is 0. The molecule has 8 atom stereocenters. The number of aliphatic hydroxyl groups excluding tert-OH is 2. The van der Waals surface area contributed by atoms with Crippen molar-refractivity contribution in [3.05, 3.63) is 179 Å². The van der Waals surface area contributed by atoms with Gasteiger partial charge in [0, 0.05) is 22.3 Å². The first kappa shape index (κ1) is 43.3. The second-order valence-electron chi connectivity index (χ2n) is 18.2. The van der Waals surface area contributed by atoms with Crippen molar-refractivity contribution < 1.29 is 24.6 Å². The predicted molar refractivity (Wildman–Crippen MR) is 247 cm³/mol. The zero-order valence-electron chi connectivity index (χ0n) is 36.0. The van der Waals surface area contributed by atoms with E-state index in [0.29, 0.717) is 35.4 Å². The number of Topliss-reactive ketones (excluding diaryl/α,β-unsaturated/α-hetero) is 3. The van der Waals surface area contributed by atoms with Gasteiger partial charge in [-0.05, 0) is 124 Å². The molecule has 4 N–H and O–H groups in total. The van der Waals surface area contributed by atoms with Crippen LogP contribution in [0.2, 0.25) is 0 Å². The van der Waals surface area contributed by atoms with Crippen LogP contribution in [0.15, 0.2) is 157 Å². The largest absolute Gasteiger partial charge is 0.393 e. The molecule has 62 heavy (non-hydrogen) atoms. The van der Waals surface area contributed by atoms with E-state index in [4.69, 9.17) is 0 Å². The molecule has 0 radical (unpaired) electrons. The van der Waals surface area contributed by atoms with Crippen molar-refractivity contribution in [2.45, 2.75) is 64.6 Å². The van der Waals surface area contributed by atoms with Gasteiger partial charge >= 0.3 is 0 Å². The topological polar surface area (TPSA) is 116 Å². The number of nitrogens with one attached hydrogen (secondary N) is 2. The second kappa shape index (κ2) is 19.0. The van der Waals surface area contributed by atoms with Gasteiger partial charge in [-0.1, -0.05) is 146 Å². The number of benzene rings is 4. The van der Waals surface area contributed by atoms with Crippen LogP contribution in [0.5, 0.6) is 0 Å². The number of carbonyl (C=O) groups is 3. The smallest absolute Gasteiger partial charge is 0.193 e. The summed E-state index contributed by atoms with van der Waals surface area (Å²) in [5.41, 5.74) is 2.31. The Morgan fingerprint density at radius 1 is 0.565 bits per heavy atom. The maximum absolute atomic E-state index is 17.2. The van der Waals surface area contributed by atoms with Crippen LogP contribution >= 0.6 is 0 Å². The maximum Gasteiger partial charge on any atom is 0.193 e. The van der Waals surface area contributed by atoms with Crippen LogP contribution in [0, 0.1) is 34.5 Å². The van der Waals surface area contributed by atoms with Crippen molar-refractivity contribution in [2.24, 2.45) is 34.5 Å². The van der Waals surface area contributed by atoms with E-state index in [0.717, 1.165) is 61.0 Å². The molecule has 2 heterocycles. The summed E-state index contributed by atoms with van der Waals surface area (Å²) in [5.74, 6) is -1.46. The summed E-state index contributed by atoms with van der Waals surface area (Å²) >= 11 is 0. The molecule has 7 heteroatoms. The lowest BCUT2D eigenvalue weighted by molar-refractivity contribution is -0.144. The van der Waals surface area contributed by atoms with E-state index in [1.807, 2.05) is 133 Å². The van der Waals surface area contributed by atoms with Gasteiger partial charge in [-0.3, -0.25) is 14.4 Å². The molecule has 4 aliphatic rings. The summed E-state index contributed by atoms with van der Waals surface area (Å²) in [6.45, 7) is 6.52. The lowest BCUT2D eigenvalue weighted by Gasteiger charge is -2.53. The molecule has 0 saturated carbocycles. The molecule has 2 fully saturated rings. The Morgan fingerprint density at radius 3 is 1.24 bits per heavy atom. The SMILES string of the molecule is C[C@H](O)CC1(C(=O)C2(C[C@H](C)O)C=C(C(=O)c3ccccc3)C(c3ccccc3)=CC2C2CCCNC2)C=C(C(=O)c2ccccc2)C(c2ccccc2)=CC1C1CCCNC1. The van der Waals surface area contributed by atoms with Crippen molar-refractivity contribution in [3.8, 4) is 0 Å². The van der Waals surface area contributed by atoms with Gasteiger partial charge in [0.2, 0.25) is 0 Å². The lowest BCUT2D eigenvalue weighted by atomic mass is 9.49. The normalized spacial score (nSPS) is 27.4. The number of ketones is 3. The van der Waals surface area contributed by atoms with Crippen LogP contribution in [-0.2, 0) is 4.79 Å². The fraction of sp³-hybridized carbons (Fsp3) is 0.364. The van der Waals surface area contributed by atoms with Gasteiger partial charge in [0.25, 0.3) is 0 Å². The van der Waals surface area contributed by atoms with E-state index in [-0.39, 0.29) is 42.0 Å². The Bertz CT molecular complexity index is 2170. The van der Waals surface area contributed by atoms with Crippen molar-refractivity contribution in [1.29, 1.82) is 0 Å². The zero-order chi connectivity index (χ0) is 43.3. The molecule has 2 saturated heterocycles. The highest BCUT2D eigenvalue weighted by atomic mass is 16.3. The third-order valence-electron chi connectivity index (χ3n) is 13.8. The quantitative estimate of drug-likeness (QED) is 0.0938. The molecule has 4 aromatic rings. The molecule has 4 aromatic carbocycles. The molecule has 2 aliphatic heterocycles. The molecular weight excluding hydrogens is 769 g/mol. The predicted octanol–water partition coefficient (Wildman–Crippen LogP) is 9.11. The summed E-state index contributed by atoms with van der Waals surface area (Å²) in [7, 11) is 0. The molecule has 0 aromatic heterocycles. The van der Waals surface area contributed by atoms with Crippen molar-refractivity contribution in [1.82, 2.24) is 10.6 Å². The van der Waals surface area contributed by atoms with Crippen LogP contribution < -0.4 is 10.6 Å². The minimum Gasteiger partial charge on any atom is -0.393 e. The van der Waals surface area contributed by atoms with Crippen LogP contribution in [0.4, 0.5) is 0 Å². The highest BCUT2D eigenvalue weighted by Gasteiger charge is 2.60. The third-order valence-corrected chi connectivity index (χ3v) is 13.8. The average molecular weight is 829 g/mol. The van der Waals surface area contributed by atoms with Crippen LogP contribution in [0.1, 0.15) is 84.2 Å². The fourth-order valence-corrected chi connectivity index (χ4v) is 11.2. The minimum absolute atomic E-state index is 0.0124. The summed E-state index contributed by atoms with van der Waals surface area (Å²) in [6.07, 6.45) is 10.0. The van der Waals surface area contributed by atoms with Crippen molar-refractivity contribution in [2.75, 3.05) is 26.2 Å². The van der Waals surface area contributed by atoms with E-state index in [9.17, 15) is 10.2 Å². The zero-order valence-corrected chi connectivity index (χ0v) is 36.0. The van der Waals surface area contributed by atoms with Crippen molar-refractivity contribution >= 4 is 28.5 Å². The van der Waals surface area contributed by atoms with Crippen LogP contribution in [-0.4, -0.2) is 65.9 Å². The number of piperidine rings is 2. The average Bonchev–Trinajstić information content (AvgIpc) is 3.31. The van der Waals surface area contributed by atoms with Gasteiger partial charge < -0.3 is 20.8 Å². The molecule has 8 rings (SSSR count). The Balaban J connectivity index is 1.44. The molecule has 0 spiro atoms. The summed E-state index contributed by atoms with van der Waals surface area (Å²) in [5, 5.41) is 30.8. The molecule has 0 amide bonds. The summed E-state index contributed by atoms with van der Waals surface area (Å²) in [6, 6.07) is 38.2. The van der Waals surface area contributed by atoms with Gasteiger partial charge in [0.1, 0.15) is 0 Å². The number of carbonyl (C=O) groups excluding carboxylic acids is 3. The highest BCUT2D eigenvalue weighted by Crippen LogP contribution is 2.59. The van der Waals surface area contributed by atoms with Gasteiger partial charge in [0.05, 0.1) is 23.0 Å². The first-order valence-corrected chi connectivity index (χ1v) is 22.6. The number of rotatable bonds is 14. The van der Waals surface area contributed by atoms with Gasteiger partial charge in [-0.2, -0.15) is 0 Å². The number of hydrogen-bond donors (Lipinski definition) is 4. The van der Waals surface area contributed by atoms with E-state index >= 15 is 14.4 Å². The molecule has 0 bridgehead atoms. The highest BCUT2D eigenvalue weighted by molar-refractivity contribution is 6.21. The Morgan fingerprint density at radius 2 is 0.919 bits per heavy atom. The Labute approximate surface area is 366 Å². The number of hydrogen-bond acceptors (Lipinski definition) is 7. The molecule has 320 valence electrons. The Hall–Kier alpha value is -5.31. The van der Waals surface area contributed by atoms with E-state index in [2.05, 4.69) is 22.8 Å². The third kappa shape index (κ3) is 8.69. The summed E-state index contributed by atoms with van der Waals surface area (Å²) in [4.78, 5) is 47.4.